The summed E-state index contributed by atoms with van der Waals surface area (Å²) in [5.74, 6) is 0.781. The van der Waals surface area contributed by atoms with Crippen molar-refractivity contribution in [3.8, 4) is 6.07 Å². The van der Waals surface area contributed by atoms with Crippen molar-refractivity contribution >= 4 is 34.6 Å². The number of nitrogens with one attached hydrogen (secondary N) is 2. The van der Waals surface area contributed by atoms with E-state index in [-0.39, 0.29) is 0 Å². The SMILES string of the molecule is CN=CC(C(=N)c1ccc(C#N)nc1)c1cnc2ccc(Nc3cc(C)cnn3)nc2c1. The highest BCUT2D eigenvalue weighted by atomic mass is 15.2. The Morgan fingerprint density at radius 2 is 1.97 bits per heavy atom. The molecule has 4 heterocycles. The lowest BCUT2D eigenvalue weighted by Crippen LogP contribution is -2.15. The van der Waals surface area contributed by atoms with Crippen molar-refractivity contribution < 1.29 is 0 Å². The summed E-state index contributed by atoms with van der Waals surface area (Å²) in [6.45, 7) is 1.94. The third kappa shape index (κ3) is 4.44. The van der Waals surface area contributed by atoms with Crippen molar-refractivity contribution in [1.29, 1.82) is 10.7 Å². The van der Waals surface area contributed by atoms with Gasteiger partial charge in [-0.1, -0.05) is 0 Å². The van der Waals surface area contributed by atoms with Crippen molar-refractivity contribution in [2.24, 2.45) is 4.99 Å². The summed E-state index contributed by atoms with van der Waals surface area (Å²) >= 11 is 0. The zero-order valence-electron chi connectivity index (χ0n) is 17.5. The molecule has 9 heteroatoms. The van der Waals surface area contributed by atoms with Crippen molar-refractivity contribution in [2.75, 3.05) is 12.4 Å². The number of fused-ring (bicyclic) bond motifs is 1. The predicted octanol–water partition coefficient (Wildman–Crippen LogP) is 3.59. The molecule has 0 amide bonds. The van der Waals surface area contributed by atoms with E-state index in [1.807, 2.05) is 37.3 Å². The molecule has 0 saturated heterocycles. The van der Waals surface area contributed by atoms with Crippen LogP contribution in [0, 0.1) is 23.7 Å². The van der Waals surface area contributed by atoms with Crippen LogP contribution in [0.15, 0.2) is 60.0 Å². The van der Waals surface area contributed by atoms with Gasteiger partial charge in [0.1, 0.15) is 17.6 Å². The molecular formula is C23H19N9. The molecule has 156 valence electrons. The zero-order chi connectivity index (χ0) is 22.5. The fraction of sp³-hybridized carbons (Fsp3) is 0.130. The highest BCUT2D eigenvalue weighted by molar-refractivity contribution is 6.12. The molecule has 0 aliphatic carbocycles. The molecule has 4 aromatic rings. The van der Waals surface area contributed by atoms with Gasteiger partial charge in [0, 0.05) is 31.2 Å². The monoisotopic (exact) mass is 421 g/mol. The Kier molecular flexibility index (Phi) is 5.85. The lowest BCUT2D eigenvalue weighted by atomic mass is 9.92. The fourth-order valence-electron chi connectivity index (χ4n) is 3.19. The van der Waals surface area contributed by atoms with Crippen LogP contribution >= 0.6 is 0 Å². The van der Waals surface area contributed by atoms with Gasteiger partial charge in [0.25, 0.3) is 0 Å². The smallest absolute Gasteiger partial charge is 0.154 e. The average molecular weight is 421 g/mol. The van der Waals surface area contributed by atoms with E-state index in [2.05, 4.69) is 35.5 Å². The van der Waals surface area contributed by atoms with Crippen LogP contribution in [0.5, 0.6) is 0 Å². The number of aliphatic imine (C=N–C) groups is 1. The van der Waals surface area contributed by atoms with Crippen LogP contribution in [0.2, 0.25) is 0 Å². The van der Waals surface area contributed by atoms with E-state index < -0.39 is 5.92 Å². The van der Waals surface area contributed by atoms with Gasteiger partial charge in [-0.2, -0.15) is 10.4 Å². The first-order valence-corrected chi connectivity index (χ1v) is 9.77. The molecule has 0 bridgehead atoms. The lowest BCUT2D eigenvalue weighted by molar-refractivity contribution is 1.02. The van der Waals surface area contributed by atoms with E-state index in [9.17, 15) is 0 Å². The molecule has 1 atom stereocenters. The quantitative estimate of drug-likeness (QED) is 0.454. The first-order chi connectivity index (χ1) is 15.6. The highest BCUT2D eigenvalue weighted by Crippen LogP contribution is 2.23. The molecule has 0 fully saturated rings. The Morgan fingerprint density at radius 3 is 2.69 bits per heavy atom. The number of anilines is 2. The van der Waals surface area contributed by atoms with E-state index >= 15 is 0 Å². The second-order valence-corrected chi connectivity index (χ2v) is 7.09. The maximum absolute atomic E-state index is 8.95. The zero-order valence-corrected chi connectivity index (χ0v) is 17.5. The third-order valence-corrected chi connectivity index (χ3v) is 4.76. The lowest BCUT2D eigenvalue weighted by Gasteiger charge is -2.15. The van der Waals surface area contributed by atoms with Crippen LogP contribution < -0.4 is 5.32 Å². The minimum absolute atomic E-state index is 0.303. The summed E-state index contributed by atoms with van der Waals surface area (Å²) in [4.78, 5) is 17.4. The van der Waals surface area contributed by atoms with Crippen LogP contribution in [-0.4, -0.2) is 44.1 Å². The number of pyridine rings is 3. The Bertz CT molecular complexity index is 1350. The Balaban J connectivity index is 1.67. The number of nitriles is 1. The number of aromatic nitrogens is 5. The Morgan fingerprint density at radius 1 is 1.09 bits per heavy atom. The van der Waals surface area contributed by atoms with Crippen LogP contribution in [0.4, 0.5) is 11.6 Å². The van der Waals surface area contributed by atoms with Gasteiger partial charge in [-0.3, -0.25) is 9.98 Å². The number of hydrogen-bond acceptors (Lipinski definition) is 9. The Hall–Kier alpha value is -4.58. The second kappa shape index (κ2) is 9.06. The van der Waals surface area contributed by atoms with E-state index in [0.29, 0.717) is 34.1 Å². The van der Waals surface area contributed by atoms with Gasteiger partial charge in [-0.15, -0.1) is 5.10 Å². The van der Waals surface area contributed by atoms with E-state index in [1.54, 1.807) is 37.8 Å². The number of aryl methyl sites for hydroxylation is 1. The van der Waals surface area contributed by atoms with Crippen LogP contribution in [0.25, 0.3) is 11.0 Å². The van der Waals surface area contributed by atoms with Crippen molar-refractivity contribution in [1.82, 2.24) is 25.1 Å². The van der Waals surface area contributed by atoms with Gasteiger partial charge in [0.15, 0.2) is 5.82 Å². The molecule has 4 aromatic heterocycles. The molecule has 4 rings (SSSR count). The summed E-state index contributed by atoms with van der Waals surface area (Å²) in [6, 6.07) is 12.8. The summed E-state index contributed by atoms with van der Waals surface area (Å²) in [5.41, 5.74) is 4.38. The molecule has 0 spiro atoms. The first-order valence-electron chi connectivity index (χ1n) is 9.77. The normalized spacial score (nSPS) is 11.9. The fourth-order valence-corrected chi connectivity index (χ4v) is 3.19. The molecule has 0 aromatic carbocycles. The summed E-state index contributed by atoms with van der Waals surface area (Å²) in [6.07, 6.45) is 6.62. The summed E-state index contributed by atoms with van der Waals surface area (Å²) in [5, 5.41) is 28.8. The van der Waals surface area contributed by atoms with Gasteiger partial charge < -0.3 is 10.7 Å². The third-order valence-electron chi connectivity index (χ3n) is 4.76. The van der Waals surface area contributed by atoms with Crippen LogP contribution in [0.1, 0.15) is 28.3 Å². The average Bonchev–Trinajstić information content (AvgIpc) is 2.82. The summed E-state index contributed by atoms with van der Waals surface area (Å²) in [7, 11) is 1.66. The van der Waals surface area contributed by atoms with E-state index in [0.717, 1.165) is 16.6 Å². The van der Waals surface area contributed by atoms with Gasteiger partial charge in [-0.25, -0.2) is 9.97 Å². The van der Waals surface area contributed by atoms with Crippen molar-refractivity contribution in [3.63, 3.8) is 0 Å². The molecule has 0 saturated carbocycles. The largest absolute Gasteiger partial charge is 0.323 e. The molecule has 1 unspecified atom stereocenters. The minimum atomic E-state index is -0.437. The van der Waals surface area contributed by atoms with E-state index in [4.69, 9.17) is 10.7 Å². The second-order valence-electron chi connectivity index (χ2n) is 7.09. The van der Waals surface area contributed by atoms with Crippen molar-refractivity contribution in [2.45, 2.75) is 12.8 Å². The van der Waals surface area contributed by atoms with E-state index in [1.165, 1.54) is 6.20 Å². The molecule has 9 nitrogen and oxygen atoms in total. The van der Waals surface area contributed by atoms with Crippen LogP contribution in [0.3, 0.4) is 0 Å². The maximum Gasteiger partial charge on any atom is 0.154 e. The highest BCUT2D eigenvalue weighted by Gasteiger charge is 2.18. The predicted molar refractivity (Wildman–Crippen MR) is 123 cm³/mol. The number of nitrogens with zero attached hydrogens (tertiary/aromatic N) is 7. The number of hydrogen-bond donors (Lipinski definition) is 2. The van der Waals surface area contributed by atoms with Gasteiger partial charge in [-0.05, 0) is 54.4 Å². The van der Waals surface area contributed by atoms with Crippen molar-refractivity contribution in [3.05, 3.63) is 77.4 Å². The minimum Gasteiger partial charge on any atom is -0.323 e. The van der Waals surface area contributed by atoms with Gasteiger partial charge >= 0.3 is 0 Å². The molecular weight excluding hydrogens is 402 g/mol. The Labute approximate surface area is 184 Å². The molecule has 0 aliphatic rings. The first kappa shape index (κ1) is 20.7. The van der Waals surface area contributed by atoms with Gasteiger partial charge in [0.2, 0.25) is 0 Å². The summed E-state index contributed by atoms with van der Waals surface area (Å²) < 4.78 is 0. The maximum atomic E-state index is 8.95. The standard InChI is InChI=1S/C23H19N9/c1-14-7-22(32-29-10-14)31-21-6-5-19-20(30-21)8-16(12-28-19)18(13-26-2)23(25)15-3-4-17(9-24)27-11-15/h3-8,10-13,18,25H,1-2H3,(H,30,31,32). The molecule has 32 heavy (non-hydrogen) atoms. The number of rotatable bonds is 6. The molecule has 0 aliphatic heterocycles. The molecule has 2 N–H and O–H groups in total. The van der Waals surface area contributed by atoms with Crippen LogP contribution in [-0.2, 0) is 0 Å². The van der Waals surface area contributed by atoms with Gasteiger partial charge in [0.05, 0.1) is 28.9 Å². The topological polar surface area (TPSA) is 136 Å². The molecule has 0 radical (unpaired) electrons.